The molecule has 0 spiro atoms. The minimum atomic E-state index is -0.484. The second kappa shape index (κ2) is 8.78. The van der Waals surface area contributed by atoms with Crippen molar-refractivity contribution in [3.05, 3.63) is 69.5 Å². The molecule has 1 heterocycles. The molecule has 8 nitrogen and oxygen atoms in total. The van der Waals surface area contributed by atoms with E-state index in [9.17, 15) is 24.1 Å². The Morgan fingerprint density at radius 1 is 1.10 bits per heavy atom. The molecule has 0 aliphatic carbocycles. The molecule has 0 bridgehead atoms. The summed E-state index contributed by atoms with van der Waals surface area (Å²) in [6, 6.07) is 9.97. The third-order valence-corrected chi connectivity index (χ3v) is 4.89. The highest BCUT2D eigenvalue weighted by Crippen LogP contribution is 2.25. The topological polar surface area (TPSA) is 95.8 Å². The molecule has 1 fully saturated rings. The third kappa shape index (κ3) is 4.94. The first-order valence-corrected chi connectivity index (χ1v) is 9.16. The van der Waals surface area contributed by atoms with Gasteiger partial charge in [-0.25, -0.2) is 4.39 Å². The lowest BCUT2D eigenvalue weighted by Gasteiger charge is -2.34. The number of piperazine rings is 1. The van der Waals surface area contributed by atoms with Gasteiger partial charge in [0, 0.05) is 37.8 Å². The highest BCUT2D eigenvalue weighted by atomic mass is 19.1. The van der Waals surface area contributed by atoms with Crippen molar-refractivity contribution in [3.63, 3.8) is 0 Å². The van der Waals surface area contributed by atoms with Gasteiger partial charge in [0.2, 0.25) is 5.91 Å². The van der Waals surface area contributed by atoms with Gasteiger partial charge in [0.1, 0.15) is 5.82 Å². The minimum absolute atomic E-state index is 0.0456. The molecule has 0 saturated carbocycles. The van der Waals surface area contributed by atoms with Crippen LogP contribution in [0, 0.1) is 22.9 Å². The summed E-state index contributed by atoms with van der Waals surface area (Å²) < 4.78 is 13.0. The van der Waals surface area contributed by atoms with Crippen LogP contribution in [0.15, 0.2) is 42.5 Å². The van der Waals surface area contributed by atoms with Crippen molar-refractivity contribution in [2.24, 2.45) is 0 Å². The Morgan fingerprint density at radius 3 is 2.38 bits per heavy atom. The molecule has 2 aromatic carbocycles. The van der Waals surface area contributed by atoms with Crippen LogP contribution < -0.4 is 5.32 Å². The molecule has 2 amide bonds. The molecular weight excluding hydrogens is 379 g/mol. The van der Waals surface area contributed by atoms with Gasteiger partial charge in [-0.15, -0.1) is 0 Å². The molecular formula is C20H21FN4O4. The molecule has 2 aromatic rings. The molecule has 9 heteroatoms. The van der Waals surface area contributed by atoms with Gasteiger partial charge in [0.25, 0.3) is 11.6 Å². The summed E-state index contributed by atoms with van der Waals surface area (Å²) in [7, 11) is 0. The number of nitro groups is 1. The number of carbonyl (C=O) groups excluding carboxylic acids is 2. The highest BCUT2D eigenvalue weighted by Gasteiger charge is 2.24. The standard InChI is InChI=1S/C20H21FN4O4/c1-14-17(3-2-4-18(14)25(28)29)22-19(26)13-23-9-11-24(12-10-23)20(27)15-5-7-16(21)8-6-15/h2-8H,9-13H2,1H3,(H,22,26). The first-order valence-electron chi connectivity index (χ1n) is 9.16. The zero-order valence-electron chi connectivity index (χ0n) is 15.9. The van der Waals surface area contributed by atoms with Crippen LogP contribution in [0.25, 0.3) is 0 Å². The van der Waals surface area contributed by atoms with Gasteiger partial charge in [-0.1, -0.05) is 6.07 Å². The second-order valence-electron chi connectivity index (χ2n) is 6.83. The van der Waals surface area contributed by atoms with Crippen molar-refractivity contribution < 1.29 is 18.9 Å². The number of hydrogen-bond donors (Lipinski definition) is 1. The Bertz CT molecular complexity index is 925. The second-order valence-corrected chi connectivity index (χ2v) is 6.83. The van der Waals surface area contributed by atoms with Crippen LogP contribution in [0.3, 0.4) is 0 Å². The molecule has 0 atom stereocenters. The first kappa shape index (κ1) is 20.4. The van der Waals surface area contributed by atoms with E-state index in [1.165, 1.54) is 36.4 Å². The number of nitrogens with one attached hydrogen (secondary N) is 1. The summed E-state index contributed by atoms with van der Waals surface area (Å²) in [5.41, 5.74) is 1.20. The van der Waals surface area contributed by atoms with E-state index in [2.05, 4.69) is 5.32 Å². The zero-order chi connectivity index (χ0) is 21.0. The molecule has 1 saturated heterocycles. The van der Waals surface area contributed by atoms with Crippen molar-refractivity contribution in [1.29, 1.82) is 0 Å². The van der Waals surface area contributed by atoms with Crippen molar-refractivity contribution in [2.45, 2.75) is 6.92 Å². The monoisotopic (exact) mass is 400 g/mol. The predicted molar refractivity (Wildman–Crippen MR) is 105 cm³/mol. The Hall–Kier alpha value is -3.33. The summed E-state index contributed by atoms with van der Waals surface area (Å²) >= 11 is 0. The lowest BCUT2D eigenvalue weighted by molar-refractivity contribution is -0.385. The number of nitro benzene ring substituents is 1. The van der Waals surface area contributed by atoms with E-state index in [1.54, 1.807) is 17.9 Å². The summed E-state index contributed by atoms with van der Waals surface area (Å²) in [6.07, 6.45) is 0. The fraction of sp³-hybridized carbons (Fsp3) is 0.300. The predicted octanol–water partition coefficient (Wildman–Crippen LogP) is 2.44. The number of carbonyl (C=O) groups is 2. The van der Waals surface area contributed by atoms with E-state index >= 15 is 0 Å². The lowest BCUT2D eigenvalue weighted by Crippen LogP contribution is -2.50. The van der Waals surface area contributed by atoms with E-state index in [1.807, 2.05) is 4.90 Å². The van der Waals surface area contributed by atoms with Crippen molar-refractivity contribution in [2.75, 3.05) is 38.0 Å². The summed E-state index contributed by atoms with van der Waals surface area (Å²) in [5.74, 6) is -0.829. The summed E-state index contributed by atoms with van der Waals surface area (Å²) in [6.45, 7) is 3.68. The number of anilines is 1. The minimum Gasteiger partial charge on any atom is -0.336 e. The fourth-order valence-electron chi connectivity index (χ4n) is 3.23. The molecule has 152 valence electrons. The highest BCUT2D eigenvalue weighted by molar-refractivity contribution is 5.94. The summed E-state index contributed by atoms with van der Waals surface area (Å²) in [5, 5.41) is 13.7. The Kier molecular flexibility index (Phi) is 6.18. The van der Waals surface area contributed by atoms with Crippen molar-refractivity contribution in [1.82, 2.24) is 9.80 Å². The largest absolute Gasteiger partial charge is 0.336 e. The molecule has 1 aliphatic rings. The van der Waals surface area contributed by atoms with Crippen LogP contribution in [-0.4, -0.2) is 59.3 Å². The normalized spacial score (nSPS) is 14.5. The average molecular weight is 400 g/mol. The third-order valence-electron chi connectivity index (χ3n) is 4.89. The summed E-state index contributed by atoms with van der Waals surface area (Å²) in [4.78, 5) is 38.9. The Morgan fingerprint density at radius 2 is 1.76 bits per heavy atom. The van der Waals surface area contributed by atoms with Gasteiger partial charge < -0.3 is 10.2 Å². The quantitative estimate of drug-likeness (QED) is 0.614. The van der Waals surface area contributed by atoms with Crippen LogP contribution in [0.2, 0.25) is 0 Å². The zero-order valence-corrected chi connectivity index (χ0v) is 15.9. The van der Waals surface area contributed by atoms with Crippen LogP contribution in [0.1, 0.15) is 15.9 Å². The maximum atomic E-state index is 13.0. The average Bonchev–Trinajstić information content (AvgIpc) is 2.70. The number of hydrogen-bond acceptors (Lipinski definition) is 5. The van der Waals surface area contributed by atoms with Crippen molar-refractivity contribution >= 4 is 23.2 Å². The van der Waals surface area contributed by atoms with E-state index in [-0.39, 0.29) is 24.0 Å². The number of halogens is 1. The fourth-order valence-corrected chi connectivity index (χ4v) is 3.23. The van der Waals surface area contributed by atoms with Gasteiger partial charge in [-0.05, 0) is 37.3 Å². The number of benzene rings is 2. The van der Waals surface area contributed by atoms with Crippen LogP contribution in [0.5, 0.6) is 0 Å². The molecule has 1 aliphatic heterocycles. The van der Waals surface area contributed by atoms with Crippen LogP contribution >= 0.6 is 0 Å². The lowest BCUT2D eigenvalue weighted by atomic mass is 10.1. The molecule has 29 heavy (non-hydrogen) atoms. The Labute approximate surface area is 167 Å². The number of amides is 2. The van der Waals surface area contributed by atoms with E-state index < -0.39 is 10.7 Å². The molecule has 3 rings (SSSR count). The van der Waals surface area contributed by atoms with Crippen molar-refractivity contribution in [3.8, 4) is 0 Å². The van der Waals surface area contributed by atoms with E-state index in [0.29, 0.717) is 43.0 Å². The molecule has 0 aromatic heterocycles. The van der Waals surface area contributed by atoms with Gasteiger partial charge in [-0.3, -0.25) is 24.6 Å². The van der Waals surface area contributed by atoms with Crippen LogP contribution in [0.4, 0.5) is 15.8 Å². The first-order chi connectivity index (χ1) is 13.8. The smallest absolute Gasteiger partial charge is 0.274 e. The molecule has 0 unspecified atom stereocenters. The van der Waals surface area contributed by atoms with Gasteiger partial charge in [0.05, 0.1) is 22.7 Å². The van der Waals surface area contributed by atoms with Crippen LogP contribution in [-0.2, 0) is 4.79 Å². The van der Waals surface area contributed by atoms with Gasteiger partial charge in [0.15, 0.2) is 0 Å². The van der Waals surface area contributed by atoms with E-state index in [4.69, 9.17) is 0 Å². The number of nitrogens with zero attached hydrogens (tertiary/aromatic N) is 3. The SMILES string of the molecule is Cc1c(NC(=O)CN2CCN(C(=O)c3ccc(F)cc3)CC2)cccc1[N+](=O)[O-]. The maximum Gasteiger partial charge on any atom is 0.274 e. The molecule has 1 N–H and O–H groups in total. The van der Waals surface area contributed by atoms with Gasteiger partial charge in [-0.2, -0.15) is 0 Å². The van der Waals surface area contributed by atoms with Gasteiger partial charge >= 0.3 is 0 Å². The van der Waals surface area contributed by atoms with E-state index in [0.717, 1.165) is 0 Å². The Balaban J connectivity index is 1.52. The molecule has 0 radical (unpaired) electrons. The maximum absolute atomic E-state index is 13.0. The number of rotatable bonds is 5.